The lowest BCUT2D eigenvalue weighted by atomic mass is 10.2. The number of nitrogens with zero attached hydrogens (tertiary/aromatic N) is 5. The lowest BCUT2D eigenvalue weighted by Crippen LogP contribution is -2.33. The molecule has 0 aliphatic carbocycles. The van der Waals surface area contributed by atoms with E-state index in [0.717, 1.165) is 16.7 Å². The molecule has 0 atom stereocenters. The number of hydrogen-bond acceptors (Lipinski definition) is 8. The molecule has 1 aliphatic heterocycles. The molecule has 0 bridgehead atoms. The summed E-state index contributed by atoms with van der Waals surface area (Å²) < 4.78 is 13.9. The number of rotatable bonds is 5. The quantitative estimate of drug-likeness (QED) is 0.337. The highest BCUT2D eigenvalue weighted by Crippen LogP contribution is 2.30. The third-order valence-electron chi connectivity index (χ3n) is 5.73. The fourth-order valence-electron chi connectivity index (χ4n) is 3.86. The van der Waals surface area contributed by atoms with Gasteiger partial charge in [-0.3, -0.25) is 15.0 Å². The normalized spacial score (nSPS) is 13.0. The first-order valence-electron chi connectivity index (χ1n) is 11.4. The van der Waals surface area contributed by atoms with Crippen molar-refractivity contribution in [1.29, 1.82) is 0 Å². The number of halogens is 1. The Bertz CT molecular complexity index is 1700. The van der Waals surface area contributed by atoms with Crippen LogP contribution in [0.15, 0.2) is 70.9 Å². The molecule has 186 valence electrons. The van der Waals surface area contributed by atoms with E-state index in [1.165, 1.54) is 28.7 Å². The van der Waals surface area contributed by atoms with Crippen molar-refractivity contribution in [2.45, 2.75) is 17.3 Å². The van der Waals surface area contributed by atoms with Crippen molar-refractivity contribution in [2.24, 2.45) is 0 Å². The van der Waals surface area contributed by atoms with E-state index < -0.39 is 11.5 Å². The number of ether oxygens (including phenoxy) is 2. The monoisotopic (exact) mass is 534 g/mol. The van der Waals surface area contributed by atoms with Crippen molar-refractivity contribution in [1.82, 2.24) is 24.3 Å². The molecule has 0 saturated carbocycles. The summed E-state index contributed by atoms with van der Waals surface area (Å²) in [7, 11) is 0. The van der Waals surface area contributed by atoms with Crippen LogP contribution in [-0.4, -0.2) is 43.4 Å². The number of pyridine rings is 1. The lowest BCUT2D eigenvalue weighted by molar-refractivity contribution is 0.101. The minimum absolute atomic E-state index is 0.285. The Morgan fingerprint density at radius 1 is 1.08 bits per heavy atom. The molecule has 4 heterocycles. The second kappa shape index (κ2) is 9.75. The lowest BCUT2D eigenvalue weighted by Gasteiger charge is -2.11. The second-order valence-corrected chi connectivity index (χ2v) is 9.60. The first-order valence-corrected chi connectivity index (χ1v) is 12.8. The summed E-state index contributed by atoms with van der Waals surface area (Å²) in [5.41, 5.74) is 4.12. The smallest absolute Gasteiger partial charge is 0.280 e. The Balaban J connectivity index is 1.25. The molecule has 2 aromatic carbocycles. The highest BCUT2D eigenvalue weighted by Gasteiger charge is 2.16. The van der Waals surface area contributed by atoms with Crippen molar-refractivity contribution >= 4 is 46.0 Å². The van der Waals surface area contributed by atoms with E-state index in [0.29, 0.717) is 57.5 Å². The number of benzene rings is 2. The zero-order chi connectivity index (χ0) is 25.4. The van der Waals surface area contributed by atoms with E-state index >= 15 is 0 Å². The van der Waals surface area contributed by atoms with Crippen LogP contribution in [0.5, 0.6) is 11.5 Å². The molecule has 1 amide bonds. The van der Waals surface area contributed by atoms with Gasteiger partial charge in [0.2, 0.25) is 5.16 Å². The van der Waals surface area contributed by atoms with Crippen molar-refractivity contribution in [3.63, 3.8) is 0 Å². The Morgan fingerprint density at radius 3 is 2.73 bits per heavy atom. The van der Waals surface area contributed by atoms with Crippen LogP contribution in [-0.2, 0) is 5.75 Å². The van der Waals surface area contributed by atoms with Gasteiger partial charge in [-0.2, -0.15) is 9.50 Å². The molecular formula is C25H19ClN6O4S. The Hall–Kier alpha value is -4.09. The fourth-order valence-corrected chi connectivity index (χ4v) is 4.76. The van der Waals surface area contributed by atoms with Gasteiger partial charge in [-0.05, 0) is 42.0 Å². The molecule has 37 heavy (non-hydrogen) atoms. The van der Waals surface area contributed by atoms with Gasteiger partial charge in [-0.1, -0.05) is 35.5 Å². The first-order chi connectivity index (χ1) is 18.0. The van der Waals surface area contributed by atoms with Gasteiger partial charge in [0.1, 0.15) is 0 Å². The van der Waals surface area contributed by atoms with Crippen molar-refractivity contribution in [2.75, 3.05) is 18.6 Å². The molecule has 0 radical (unpaired) electrons. The van der Waals surface area contributed by atoms with Gasteiger partial charge in [0.25, 0.3) is 17.2 Å². The minimum Gasteiger partial charge on any atom is -0.490 e. The summed E-state index contributed by atoms with van der Waals surface area (Å²) in [6.07, 6.45) is 3.68. The van der Waals surface area contributed by atoms with Crippen LogP contribution >= 0.6 is 23.4 Å². The second-order valence-electron chi connectivity index (χ2n) is 8.22. The average molecular weight is 535 g/mol. The fraction of sp³-hybridized carbons (Fsp3) is 0.160. The number of fused-ring (bicyclic) bond motifs is 4. The molecule has 6 rings (SSSR count). The zero-order valence-corrected chi connectivity index (χ0v) is 20.8. The van der Waals surface area contributed by atoms with Crippen LogP contribution in [0.1, 0.15) is 22.3 Å². The summed E-state index contributed by atoms with van der Waals surface area (Å²) in [4.78, 5) is 34.8. The van der Waals surface area contributed by atoms with E-state index in [4.69, 9.17) is 21.1 Å². The molecule has 12 heteroatoms. The molecule has 10 nitrogen and oxygen atoms in total. The molecule has 0 spiro atoms. The standard InChI is InChI=1S/C25H19ClN6O4S/c26-17-5-2-15(3-6-17)14-37-25-28-24-27-13-18-19(32(24)30-25)8-9-31(23(18)34)29-22(33)16-4-7-20-21(12-16)36-11-1-10-35-20/h2-9,12-13H,1,10-11,14H2,(H,29,33). The maximum absolute atomic E-state index is 13.1. The third-order valence-corrected chi connectivity index (χ3v) is 6.89. The van der Waals surface area contributed by atoms with E-state index in [9.17, 15) is 9.59 Å². The summed E-state index contributed by atoms with van der Waals surface area (Å²) in [5.74, 6) is 1.65. The average Bonchev–Trinajstić information content (AvgIpc) is 3.19. The predicted molar refractivity (Wildman–Crippen MR) is 139 cm³/mol. The van der Waals surface area contributed by atoms with Crippen LogP contribution in [0.4, 0.5) is 0 Å². The molecular weight excluding hydrogens is 516 g/mol. The molecule has 1 aliphatic rings. The van der Waals surface area contributed by atoms with Crippen LogP contribution in [0.2, 0.25) is 5.02 Å². The predicted octanol–water partition coefficient (Wildman–Crippen LogP) is 3.93. The van der Waals surface area contributed by atoms with Crippen molar-refractivity contribution < 1.29 is 14.3 Å². The van der Waals surface area contributed by atoms with E-state index in [-0.39, 0.29) is 5.39 Å². The van der Waals surface area contributed by atoms with Crippen molar-refractivity contribution in [3.8, 4) is 11.5 Å². The zero-order valence-electron chi connectivity index (χ0n) is 19.3. The summed E-state index contributed by atoms with van der Waals surface area (Å²) >= 11 is 7.40. The number of carbonyl (C=O) groups is 1. The van der Waals surface area contributed by atoms with Crippen LogP contribution in [0.25, 0.3) is 16.7 Å². The number of carbonyl (C=O) groups excluding carboxylic acids is 1. The van der Waals surface area contributed by atoms with Gasteiger partial charge in [0.15, 0.2) is 11.5 Å². The molecule has 1 N–H and O–H groups in total. The largest absolute Gasteiger partial charge is 0.490 e. The Labute approximate surface area is 219 Å². The summed E-state index contributed by atoms with van der Waals surface area (Å²) in [5, 5.41) is 6.01. The number of aromatic nitrogens is 5. The molecule has 0 saturated heterocycles. The van der Waals surface area contributed by atoms with E-state index in [1.807, 2.05) is 24.3 Å². The van der Waals surface area contributed by atoms with Gasteiger partial charge in [0, 0.05) is 35.2 Å². The van der Waals surface area contributed by atoms with Crippen molar-refractivity contribution in [3.05, 3.63) is 87.4 Å². The first kappa shape index (κ1) is 23.3. The third kappa shape index (κ3) is 4.70. The Kier molecular flexibility index (Phi) is 6.15. The maximum atomic E-state index is 13.1. The van der Waals surface area contributed by atoms with E-state index in [1.54, 1.807) is 24.3 Å². The van der Waals surface area contributed by atoms with Crippen LogP contribution in [0.3, 0.4) is 0 Å². The number of thioether (sulfide) groups is 1. The van der Waals surface area contributed by atoms with Gasteiger partial charge in [-0.15, -0.1) is 5.10 Å². The summed E-state index contributed by atoms with van der Waals surface area (Å²) in [6, 6.07) is 14.2. The van der Waals surface area contributed by atoms with Crippen LogP contribution in [0, 0.1) is 0 Å². The number of nitrogens with one attached hydrogen (secondary N) is 1. The van der Waals surface area contributed by atoms with Gasteiger partial charge in [0.05, 0.1) is 24.1 Å². The van der Waals surface area contributed by atoms with Gasteiger partial charge >= 0.3 is 0 Å². The van der Waals surface area contributed by atoms with E-state index in [2.05, 4.69) is 20.5 Å². The minimum atomic E-state index is -0.465. The summed E-state index contributed by atoms with van der Waals surface area (Å²) in [6.45, 7) is 1.06. The topological polar surface area (TPSA) is 113 Å². The van der Waals surface area contributed by atoms with Gasteiger partial charge < -0.3 is 9.47 Å². The highest BCUT2D eigenvalue weighted by molar-refractivity contribution is 7.98. The molecule has 0 fully saturated rings. The SMILES string of the molecule is O=C(Nn1ccc2c(cnc3nc(SCc4ccc(Cl)cc4)nn32)c1=O)c1ccc2c(c1)OCCCO2. The van der Waals surface area contributed by atoms with Gasteiger partial charge in [-0.25, -0.2) is 9.66 Å². The molecule has 5 aromatic rings. The van der Waals surface area contributed by atoms with Crippen LogP contribution < -0.4 is 20.5 Å². The Morgan fingerprint density at radius 2 is 1.89 bits per heavy atom. The molecule has 3 aromatic heterocycles. The number of amides is 1. The maximum Gasteiger partial charge on any atom is 0.280 e. The number of hydrogen-bond donors (Lipinski definition) is 1. The highest BCUT2D eigenvalue weighted by atomic mass is 35.5. The molecule has 0 unspecified atom stereocenters.